The average Bonchev–Trinajstić information content (AvgIpc) is 2.63. The monoisotopic (exact) mass is 241 g/mol. The van der Waals surface area contributed by atoms with Crippen LogP contribution in [0.1, 0.15) is 46.6 Å². The zero-order valence-electron chi connectivity index (χ0n) is 8.91. The zero-order valence-corrected chi connectivity index (χ0v) is 10.5. The van der Waals surface area contributed by atoms with Crippen LogP contribution in [0.3, 0.4) is 0 Å². The molecule has 0 atom stereocenters. The molecule has 1 aromatic heterocycles. The average molecular weight is 241 g/mol. The van der Waals surface area contributed by atoms with Crippen molar-refractivity contribution >= 4 is 28.9 Å². The van der Waals surface area contributed by atoms with Gasteiger partial charge in [-0.2, -0.15) is 11.8 Å². The number of hydrogen-bond donors (Lipinski definition) is 0. The van der Waals surface area contributed by atoms with Gasteiger partial charge in [0, 0.05) is 17.1 Å². The smallest absolute Gasteiger partial charge is 0.182 e. The third kappa shape index (κ3) is 2.61. The maximum Gasteiger partial charge on any atom is 0.182 e. The van der Waals surface area contributed by atoms with E-state index in [0.29, 0.717) is 6.42 Å². The summed E-state index contributed by atoms with van der Waals surface area (Å²) in [6.07, 6.45) is 3.96. The quantitative estimate of drug-likeness (QED) is 0.758. The zero-order chi connectivity index (χ0) is 10.7. The number of thioether (sulfide) groups is 1. The number of Topliss-reactive ketones (excluding diaryl/α,β-unsaturated/α-hetero) is 1. The summed E-state index contributed by atoms with van der Waals surface area (Å²) in [4.78, 5) is 17.2. The number of fused-ring (bicyclic) bond motifs is 1. The molecule has 1 aliphatic carbocycles. The lowest BCUT2D eigenvalue weighted by molar-refractivity contribution is 0.0968. The number of rotatable bonds is 4. The minimum Gasteiger partial charge on any atom is -0.292 e. The van der Waals surface area contributed by atoms with E-state index in [-0.39, 0.29) is 5.78 Å². The fourth-order valence-electron chi connectivity index (χ4n) is 1.68. The maximum absolute atomic E-state index is 11.6. The van der Waals surface area contributed by atoms with Gasteiger partial charge in [-0.3, -0.25) is 4.79 Å². The predicted molar refractivity (Wildman–Crippen MR) is 65.8 cm³/mol. The van der Waals surface area contributed by atoms with E-state index in [1.54, 1.807) is 11.3 Å². The van der Waals surface area contributed by atoms with E-state index >= 15 is 0 Å². The first-order valence-electron chi connectivity index (χ1n) is 5.40. The predicted octanol–water partition coefficient (Wildman–Crippen LogP) is 3.31. The minimum absolute atomic E-state index is 0.249. The number of nitrogens with zero attached hydrogens (tertiary/aromatic N) is 1. The van der Waals surface area contributed by atoms with Gasteiger partial charge in [0.05, 0.1) is 0 Å². The van der Waals surface area contributed by atoms with Gasteiger partial charge in [0.15, 0.2) is 5.78 Å². The van der Waals surface area contributed by atoms with Gasteiger partial charge in [-0.1, -0.05) is 6.92 Å². The summed E-state index contributed by atoms with van der Waals surface area (Å²) in [5, 5.41) is 1.13. The lowest BCUT2D eigenvalue weighted by Crippen LogP contribution is -2.08. The third-order valence-corrected chi connectivity index (χ3v) is 4.86. The van der Waals surface area contributed by atoms with Crippen LogP contribution >= 0.6 is 23.1 Å². The number of aromatic nitrogens is 1. The van der Waals surface area contributed by atoms with Gasteiger partial charge in [-0.05, 0) is 25.0 Å². The molecule has 0 radical (unpaired) electrons. The highest BCUT2D eigenvalue weighted by Crippen LogP contribution is 2.28. The Morgan fingerprint density at radius 3 is 3.07 bits per heavy atom. The van der Waals surface area contributed by atoms with E-state index in [1.165, 1.54) is 17.1 Å². The second kappa shape index (κ2) is 5.12. The second-order valence-electron chi connectivity index (χ2n) is 3.71. The van der Waals surface area contributed by atoms with Gasteiger partial charge in [0.1, 0.15) is 10.7 Å². The first kappa shape index (κ1) is 11.1. The first-order chi connectivity index (χ1) is 7.31. The van der Waals surface area contributed by atoms with Crippen molar-refractivity contribution in [3.63, 3.8) is 0 Å². The van der Waals surface area contributed by atoms with Gasteiger partial charge in [0.2, 0.25) is 0 Å². The van der Waals surface area contributed by atoms with E-state index in [9.17, 15) is 4.79 Å². The molecule has 1 aliphatic rings. The van der Waals surface area contributed by atoms with Crippen LogP contribution in [0.4, 0.5) is 0 Å². The summed E-state index contributed by atoms with van der Waals surface area (Å²) in [5.74, 6) is 2.40. The van der Waals surface area contributed by atoms with E-state index in [2.05, 4.69) is 11.9 Å². The molecule has 1 aromatic rings. The van der Waals surface area contributed by atoms with Crippen molar-refractivity contribution in [2.75, 3.05) is 5.75 Å². The molecule has 0 spiro atoms. The lowest BCUT2D eigenvalue weighted by Gasteiger charge is -2.06. The Bertz CT molecular complexity index is 359. The number of carbonyl (C=O) groups is 1. The van der Waals surface area contributed by atoms with Crippen LogP contribution in [0.15, 0.2) is 0 Å². The molecule has 0 bridgehead atoms. The molecule has 0 N–H and O–H groups in total. The summed E-state index contributed by atoms with van der Waals surface area (Å²) in [6, 6.07) is 0. The largest absolute Gasteiger partial charge is 0.292 e. The van der Waals surface area contributed by atoms with Crippen LogP contribution in [-0.2, 0) is 12.2 Å². The van der Waals surface area contributed by atoms with Crippen LogP contribution in [-0.4, -0.2) is 16.5 Å². The van der Waals surface area contributed by atoms with Gasteiger partial charge < -0.3 is 0 Å². The van der Waals surface area contributed by atoms with E-state index in [1.807, 2.05) is 11.8 Å². The Balaban J connectivity index is 2.05. The number of ketones is 1. The lowest BCUT2D eigenvalue weighted by atomic mass is 10.0. The van der Waals surface area contributed by atoms with E-state index in [0.717, 1.165) is 29.3 Å². The van der Waals surface area contributed by atoms with Gasteiger partial charge >= 0.3 is 0 Å². The SMILES string of the molecule is CCCSCc1nc2c(s1)CCCC2=O. The molecule has 2 rings (SSSR count). The molecule has 0 aromatic carbocycles. The molecule has 15 heavy (non-hydrogen) atoms. The molecule has 0 saturated carbocycles. The number of hydrogen-bond acceptors (Lipinski definition) is 4. The Kier molecular flexibility index (Phi) is 3.81. The van der Waals surface area contributed by atoms with Crippen molar-refractivity contribution < 1.29 is 4.79 Å². The Hall–Kier alpha value is -0.350. The molecule has 0 unspecified atom stereocenters. The van der Waals surface area contributed by atoms with Crippen LogP contribution < -0.4 is 0 Å². The van der Waals surface area contributed by atoms with Crippen molar-refractivity contribution in [3.05, 3.63) is 15.6 Å². The molecule has 2 nitrogen and oxygen atoms in total. The molecule has 0 aliphatic heterocycles. The summed E-state index contributed by atoms with van der Waals surface area (Å²) in [7, 11) is 0. The molecule has 0 amide bonds. The van der Waals surface area contributed by atoms with Crippen molar-refractivity contribution in [1.29, 1.82) is 0 Å². The Morgan fingerprint density at radius 2 is 2.33 bits per heavy atom. The number of aryl methyl sites for hydroxylation is 1. The van der Waals surface area contributed by atoms with Crippen LogP contribution in [0.5, 0.6) is 0 Å². The van der Waals surface area contributed by atoms with Crippen molar-refractivity contribution in [2.24, 2.45) is 0 Å². The van der Waals surface area contributed by atoms with Crippen LogP contribution in [0, 0.1) is 0 Å². The summed E-state index contributed by atoms with van der Waals surface area (Å²) < 4.78 is 0. The fourth-order valence-corrected chi connectivity index (χ4v) is 3.76. The van der Waals surface area contributed by atoms with Crippen LogP contribution in [0.25, 0.3) is 0 Å². The molecule has 1 heterocycles. The number of carbonyl (C=O) groups excluding carboxylic acids is 1. The Labute approximate surface area is 98.5 Å². The van der Waals surface area contributed by atoms with E-state index in [4.69, 9.17) is 0 Å². The molecular weight excluding hydrogens is 226 g/mol. The Morgan fingerprint density at radius 1 is 1.47 bits per heavy atom. The normalized spacial score (nSPS) is 15.4. The van der Waals surface area contributed by atoms with Crippen LogP contribution in [0.2, 0.25) is 0 Å². The topological polar surface area (TPSA) is 30.0 Å². The highest BCUT2D eigenvalue weighted by molar-refractivity contribution is 7.98. The van der Waals surface area contributed by atoms with Gasteiger partial charge in [-0.15, -0.1) is 11.3 Å². The second-order valence-corrected chi connectivity index (χ2v) is 5.98. The number of thiazole rings is 1. The van der Waals surface area contributed by atoms with Crippen molar-refractivity contribution in [1.82, 2.24) is 4.98 Å². The molecular formula is C11H15NOS2. The molecule has 4 heteroatoms. The minimum atomic E-state index is 0.249. The van der Waals surface area contributed by atoms with Gasteiger partial charge in [-0.25, -0.2) is 4.98 Å². The highest BCUT2D eigenvalue weighted by atomic mass is 32.2. The third-order valence-electron chi connectivity index (χ3n) is 2.39. The summed E-state index contributed by atoms with van der Waals surface area (Å²) >= 11 is 3.64. The first-order valence-corrected chi connectivity index (χ1v) is 7.38. The van der Waals surface area contributed by atoms with Crippen molar-refractivity contribution in [3.8, 4) is 0 Å². The van der Waals surface area contributed by atoms with Crippen molar-refractivity contribution in [2.45, 2.75) is 38.4 Å². The summed E-state index contributed by atoms with van der Waals surface area (Å²) in [5.41, 5.74) is 0.776. The van der Waals surface area contributed by atoms with E-state index < -0.39 is 0 Å². The molecule has 0 fully saturated rings. The maximum atomic E-state index is 11.6. The highest BCUT2D eigenvalue weighted by Gasteiger charge is 2.21. The van der Waals surface area contributed by atoms with Gasteiger partial charge in [0.25, 0.3) is 0 Å². The molecule has 82 valence electrons. The fraction of sp³-hybridized carbons (Fsp3) is 0.636. The molecule has 0 saturated heterocycles. The standard InChI is InChI=1S/C11H15NOS2/c1-2-6-14-7-10-12-11-8(13)4-3-5-9(11)15-10/h2-7H2,1H3. The summed E-state index contributed by atoms with van der Waals surface area (Å²) in [6.45, 7) is 2.18.